The Balaban J connectivity index is 1.53. The summed E-state index contributed by atoms with van der Waals surface area (Å²) >= 11 is 0. The molecule has 33 heavy (non-hydrogen) atoms. The van der Waals surface area contributed by atoms with Crippen LogP contribution in [-0.2, 0) is 0 Å². The summed E-state index contributed by atoms with van der Waals surface area (Å²) in [7, 11) is 0. The van der Waals surface area contributed by atoms with Crippen LogP contribution in [0.5, 0.6) is 0 Å². The number of amides is 1. The molecular weight excluding hydrogens is 428 g/mol. The number of para-hydroxylation sites is 1. The van der Waals surface area contributed by atoms with Crippen molar-refractivity contribution in [3.63, 3.8) is 0 Å². The van der Waals surface area contributed by atoms with E-state index in [2.05, 4.69) is 11.2 Å². The lowest BCUT2D eigenvalue weighted by Crippen LogP contribution is -2.50. The number of hydrogen-bond acceptors (Lipinski definition) is 5. The number of hydrogen-bond donors (Lipinski definition) is 0. The van der Waals surface area contributed by atoms with Crippen molar-refractivity contribution in [3.05, 3.63) is 93.4 Å². The largest absolute Gasteiger partial charge is 0.335 e. The molecule has 7 nitrogen and oxygen atoms in total. The van der Waals surface area contributed by atoms with Crippen molar-refractivity contribution in [2.45, 2.75) is 13.0 Å². The van der Waals surface area contributed by atoms with Gasteiger partial charge in [0.2, 0.25) is 5.43 Å². The lowest BCUT2D eigenvalue weighted by molar-refractivity contribution is 0.0597. The minimum Gasteiger partial charge on any atom is -0.335 e. The molecule has 2 heterocycles. The van der Waals surface area contributed by atoms with E-state index in [1.807, 2.05) is 4.90 Å². The SMILES string of the molecule is Cc1cc(=O)c(C(=O)N2CCN([C@H](C#N)c3ccc(F)cc3)CC2)nn1-c1ccccc1F. The van der Waals surface area contributed by atoms with E-state index in [1.54, 1.807) is 31.2 Å². The van der Waals surface area contributed by atoms with Gasteiger partial charge in [-0.15, -0.1) is 0 Å². The monoisotopic (exact) mass is 449 g/mol. The Bertz CT molecular complexity index is 1280. The molecule has 0 N–H and O–H groups in total. The van der Waals surface area contributed by atoms with Crippen molar-refractivity contribution in [1.82, 2.24) is 19.6 Å². The van der Waals surface area contributed by atoms with Gasteiger partial charge in [0.25, 0.3) is 5.91 Å². The van der Waals surface area contributed by atoms with Gasteiger partial charge >= 0.3 is 0 Å². The molecule has 1 aliphatic rings. The van der Waals surface area contributed by atoms with Crippen LogP contribution < -0.4 is 5.43 Å². The van der Waals surface area contributed by atoms with Crippen LogP contribution in [0.3, 0.4) is 0 Å². The van der Waals surface area contributed by atoms with Crippen LogP contribution >= 0.6 is 0 Å². The summed E-state index contributed by atoms with van der Waals surface area (Å²) in [6, 6.07) is 14.7. The third-order valence-electron chi connectivity index (χ3n) is 5.67. The number of nitrogens with zero attached hydrogens (tertiary/aromatic N) is 5. The first-order valence-corrected chi connectivity index (χ1v) is 10.4. The number of piperazine rings is 1. The number of aryl methyl sites for hydroxylation is 1. The summed E-state index contributed by atoms with van der Waals surface area (Å²) in [6.45, 7) is 2.98. The lowest BCUT2D eigenvalue weighted by atomic mass is 10.1. The van der Waals surface area contributed by atoms with Crippen LogP contribution in [0.25, 0.3) is 5.69 Å². The van der Waals surface area contributed by atoms with Gasteiger partial charge in [0.15, 0.2) is 5.69 Å². The maximum absolute atomic E-state index is 14.3. The zero-order valence-electron chi connectivity index (χ0n) is 17.9. The first kappa shape index (κ1) is 22.3. The molecule has 1 aromatic heterocycles. The third-order valence-corrected chi connectivity index (χ3v) is 5.67. The summed E-state index contributed by atoms with van der Waals surface area (Å²) in [5.74, 6) is -1.44. The lowest BCUT2D eigenvalue weighted by Gasteiger charge is -2.36. The summed E-state index contributed by atoms with van der Waals surface area (Å²) in [6.07, 6.45) is 0. The number of carbonyl (C=O) groups is 1. The standard InChI is InChI=1S/C24H21F2N5O2/c1-16-14-22(32)23(28-31(16)20-5-3-2-4-19(20)26)24(33)30-12-10-29(11-13-30)21(15-27)17-6-8-18(25)9-7-17/h2-9,14,21H,10-13H2,1H3/t21-/m1/s1. The minimum atomic E-state index is -0.571. The van der Waals surface area contributed by atoms with Gasteiger partial charge in [-0.1, -0.05) is 24.3 Å². The summed E-state index contributed by atoms with van der Waals surface area (Å²) < 4.78 is 28.7. The highest BCUT2D eigenvalue weighted by atomic mass is 19.1. The minimum absolute atomic E-state index is 0.144. The predicted molar refractivity (Wildman–Crippen MR) is 117 cm³/mol. The molecule has 0 bridgehead atoms. The Morgan fingerprint density at radius 3 is 2.36 bits per heavy atom. The Labute approximate surface area is 189 Å². The molecule has 9 heteroatoms. The van der Waals surface area contributed by atoms with Gasteiger partial charge in [0.1, 0.15) is 23.4 Å². The maximum Gasteiger partial charge on any atom is 0.278 e. The zero-order valence-corrected chi connectivity index (χ0v) is 17.9. The van der Waals surface area contributed by atoms with Gasteiger partial charge < -0.3 is 4.90 Å². The van der Waals surface area contributed by atoms with Gasteiger partial charge in [0.05, 0.1) is 6.07 Å². The number of halogens is 2. The third kappa shape index (κ3) is 4.52. The van der Waals surface area contributed by atoms with Gasteiger partial charge in [0, 0.05) is 37.9 Å². The molecule has 4 rings (SSSR count). The first-order chi connectivity index (χ1) is 15.9. The van der Waals surface area contributed by atoms with Crippen molar-refractivity contribution in [2.24, 2.45) is 0 Å². The maximum atomic E-state index is 14.3. The molecule has 3 aromatic rings. The van der Waals surface area contributed by atoms with Crippen LogP contribution in [0.4, 0.5) is 8.78 Å². The molecule has 1 atom stereocenters. The van der Waals surface area contributed by atoms with Crippen molar-refractivity contribution >= 4 is 5.91 Å². The van der Waals surface area contributed by atoms with E-state index in [0.29, 0.717) is 24.3 Å². The molecule has 1 saturated heterocycles. The van der Waals surface area contributed by atoms with Crippen LogP contribution in [-0.4, -0.2) is 51.7 Å². The fourth-order valence-corrected chi connectivity index (χ4v) is 3.91. The van der Waals surface area contributed by atoms with E-state index in [1.165, 1.54) is 39.9 Å². The number of nitriles is 1. The van der Waals surface area contributed by atoms with E-state index in [0.717, 1.165) is 0 Å². The highest BCUT2D eigenvalue weighted by Gasteiger charge is 2.29. The Morgan fingerprint density at radius 2 is 1.73 bits per heavy atom. The van der Waals surface area contributed by atoms with E-state index < -0.39 is 23.2 Å². The molecule has 0 radical (unpaired) electrons. The van der Waals surface area contributed by atoms with Gasteiger partial charge in [-0.2, -0.15) is 10.4 Å². The summed E-state index contributed by atoms with van der Waals surface area (Å²) in [4.78, 5) is 29.0. The predicted octanol–water partition coefficient (Wildman–Crippen LogP) is 2.84. The fourth-order valence-electron chi connectivity index (χ4n) is 3.91. The highest BCUT2D eigenvalue weighted by Crippen LogP contribution is 2.22. The van der Waals surface area contributed by atoms with Crippen molar-refractivity contribution < 1.29 is 13.6 Å². The second kappa shape index (κ2) is 9.30. The molecule has 168 valence electrons. The van der Waals surface area contributed by atoms with Gasteiger partial charge in [-0.25, -0.2) is 13.5 Å². The molecule has 0 saturated carbocycles. The molecule has 2 aromatic carbocycles. The second-order valence-electron chi connectivity index (χ2n) is 7.77. The van der Waals surface area contributed by atoms with Crippen molar-refractivity contribution in [2.75, 3.05) is 26.2 Å². The molecule has 0 spiro atoms. The van der Waals surface area contributed by atoms with E-state index >= 15 is 0 Å². The smallest absolute Gasteiger partial charge is 0.278 e. The molecule has 0 aliphatic carbocycles. The van der Waals surface area contributed by atoms with Crippen molar-refractivity contribution in [3.8, 4) is 11.8 Å². The fraction of sp³-hybridized carbons (Fsp3) is 0.250. The number of benzene rings is 2. The average Bonchev–Trinajstić information content (AvgIpc) is 2.82. The number of rotatable bonds is 4. The van der Waals surface area contributed by atoms with Gasteiger partial charge in [-0.3, -0.25) is 14.5 Å². The van der Waals surface area contributed by atoms with E-state index in [4.69, 9.17) is 0 Å². The van der Waals surface area contributed by atoms with Crippen LogP contribution in [0.15, 0.2) is 59.4 Å². The van der Waals surface area contributed by atoms with Crippen LogP contribution in [0, 0.1) is 29.9 Å². The molecular formula is C24H21F2N5O2. The average molecular weight is 449 g/mol. The summed E-state index contributed by atoms with van der Waals surface area (Å²) in [5.41, 5.74) is 0.403. The summed E-state index contributed by atoms with van der Waals surface area (Å²) in [5, 5.41) is 13.8. The second-order valence-corrected chi connectivity index (χ2v) is 7.77. The van der Waals surface area contributed by atoms with E-state index in [9.17, 15) is 23.6 Å². The number of carbonyl (C=O) groups excluding carboxylic acids is 1. The first-order valence-electron chi connectivity index (χ1n) is 10.4. The molecule has 1 fully saturated rings. The topological polar surface area (TPSA) is 82.2 Å². The molecule has 0 unspecified atom stereocenters. The van der Waals surface area contributed by atoms with Crippen LogP contribution in [0.1, 0.15) is 27.8 Å². The number of aromatic nitrogens is 2. The Hall–Kier alpha value is -3.90. The van der Waals surface area contributed by atoms with Gasteiger partial charge in [-0.05, 0) is 36.8 Å². The van der Waals surface area contributed by atoms with E-state index in [-0.39, 0.29) is 30.3 Å². The normalized spacial score (nSPS) is 15.2. The molecule has 1 amide bonds. The zero-order chi connectivity index (χ0) is 23.5. The van der Waals surface area contributed by atoms with Crippen molar-refractivity contribution in [1.29, 1.82) is 5.26 Å². The van der Waals surface area contributed by atoms with Crippen LogP contribution in [0.2, 0.25) is 0 Å². The quantitative estimate of drug-likeness (QED) is 0.612. The highest BCUT2D eigenvalue weighted by molar-refractivity contribution is 5.92. The Morgan fingerprint density at radius 1 is 1.06 bits per heavy atom. The molecule has 1 aliphatic heterocycles. The Kier molecular flexibility index (Phi) is 6.29.